The highest BCUT2D eigenvalue weighted by Gasteiger charge is 2.20. The highest BCUT2D eigenvalue weighted by Crippen LogP contribution is 2.42. The molecule has 8 heteroatoms. The van der Waals surface area contributed by atoms with E-state index in [1.165, 1.54) is 27.4 Å². The standard InChI is InChI=1S/C25H20BrNO6/c1-30-21-13-20-22(24(32-3)23(21)31-2)18(28)12-19(33-20)14-7-9-17(10-8-14)27-25(29)15-5-4-6-16(26)11-15/h4-13H,1-3H3,(H,27,29). The van der Waals surface area contributed by atoms with Crippen LogP contribution in [0.5, 0.6) is 17.2 Å². The number of anilines is 1. The Hall–Kier alpha value is -3.78. The fraction of sp³-hybridized carbons (Fsp3) is 0.120. The van der Waals surface area contributed by atoms with Crippen molar-refractivity contribution in [1.82, 2.24) is 0 Å². The molecule has 0 radical (unpaired) electrons. The van der Waals surface area contributed by atoms with Crippen LogP contribution in [0, 0.1) is 0 Å². The quantitative estimate of drug-likeness (QED) is 0.369. The average molecular weight is 510 g/mol. The Bertz CT molecular complexity index is 1390. The van der Waals surface area contributed by atoms with E-state index < -0.39 is 0 Å². The lowest BCUT2D eigenvalue weighted by atomic mass is 10.1. The number of benzene rings is 3. The Morgan fingerprint density at radius 3 is 2.27 bits per heavy atom. The van der Waals surface area contributed by atoms with Crippen LogP contribution in [0.2, 0.25) is 0 Å². The van der Waals surface area contributed by atoms with Gasteiger partial charge in [0.05, 0.1) is 21.3 Å². The summed E-state index contributed by atoms with van der Waals surface area (Å²) in [4.78, 5) is 25.4. The lowest BCUT2D eigenvalue weighted by Gasteiger charge is -2.14. The first kappa shape index (κ1) is 22.4. The van der Waals surface area contributed by atoms with Crippen LogP contribution in [0.25, 0.3) is 22.3 Å². The first-order valence-electron chi connectivity index (χ1n) is 9.89. The number of hydrogen-bond acceptors (Lipinski definition) is 6. The molecular formula is C25H20BrNO6. The predicted molar refractivity (Wildman–Crippen MR) is 130 cm³/mol. The van der Waals surface area contributed by atoms with Crippen LogP contribution in [0.15, 0.2) is 74.3 Å². The molecule has 0 bridgehead atoms. The van der Waals surface area contributed by atoms with Crippen molar-refractivity contribution in [3.8, 4) is 28.6 Å². The number of halogens is 1. The lowest BCUT2D eigenvalue weighted by molar-refractivity contribution is 0.102. The molecule has 33 heavy (non-hydrogen) atoms. The highest BCUT2D eigenvalue weighted by atomic mass is 79.9. The monoisotopic (exact) mass is 509 g/mol. The molecule has 0 aliphatic rings. The SMILES string of the molecule is COc1cc2oc(-c3ccc(NC(=O)c4cccc(Br)c4)cc3)cc(=O)c2c(OC)c1OC. The zero-order valence-corrected chi connectivity index (χ0v) is 19.7. The highest BCUT2D eigenvalue weighted by molar-refractivity contribution is 9.10. The molecule has 0 fully saturated rings. The van der Waals surface area contributed by atoms with E-state index in [0.717, 1.165) is 4.47 Å². The lowest BCUT2D eigenvalue weighted by Crippen LogP contribution is -2.11. The molecule has 1 aromatic heterocycles. The van der Waals surface area contributed by atoms with Gasteiger partial charge in [-0.3, -0.25) is 9.59 Å². The first-order chi connectivity index (χ1) is 15.9. The fourth-order valence-electron chi connectivity index (χ4n) is 3.48. The second kappa shape index (κ2) is 9.38. The summed E-state index contributed by atoms with van der Waals surface area (Å²) in [5.74, 6) is 1.09. The van der Waals surface area contributed by atoms with Crippen LogP contribution in [0.1, 0.15) is 10.4 Å². The largest absolute Gasteiger partial charge is 0.493 e. The number of fused-ring (bicyclic) bond motifs is 1. The number of methoxy groups -OCH3 is 3. The van der Waals surface area contributed by atoms with Crippen molar-refractivity contribution in [2.24, 2.45) is 0 Å². The molecule has 168 valence electrons. The maximum atomic E-state index is 12.9. The molecule has 7 nitrogen and oxygen atoms in total. The van der Waals surface area contributed by atoms with Gasteiger partial charge in [-0.15, -0.1) is 0 Å². The minimum Gasteiger partial charge on any atom is -0.493 e. The number of rotatable bonds is 6. The molecule has 0 saturated carbocycles. The molecule has 1 N–H and O–H groups in total. The molecule has 4 aromatic rings. The summed E-state index contributed by atoms with van der Waals surface area (Å²) in [6.45, 7) is 0. The second-order valence-electron chi connectivity index (χ2n) is 7.04. The van der Waals surface area contributed by atoms with E-state index in [2.05, 4.69) is 21.2 Å². The summed E-state index contributed by atoms with van der Waals surface area (Å²) in [5, 5.41) is 3.11. The van der Waals surface area contributed by atoms with E-state index in [1.54, 1.807) is 48.5 Å². The Morgan fingerprint density at radius 1 is 0.909 bits per heavy atom. The van der Waals surface area contributed by atoms with Gasteiger partial charge in [0.15, 0.2) is 16.9 Å². The average Bonchev–Trinajstić information content (AvgIpc) is 2.83. The van der Waals surface area contributed by atoms with E-state index in [1.807, 2.05) is 6.07 Å². The minimum absolute atomic E-state index is 0.227. The number of ether oxygens (including phenoxy) is 3. The van der Waals surface area contributed by atoms with Crippen molar-refractivity contribution in [3.05, 3.63) is 80.9 Å². The molecule has 0 atom stereocenters. The first-order valence-corrected chi connectivity index (χ1v) is 10.7. The van der Waals surface area contributed by atoms with E-state index >= 15 is 0 Å². The Balaban J connectivity index is 1.68. The van der Waals surface area contributed by atoms with Crippen molar-refractivity contribution >= 4 is 38.5 Å². The van der Waals surface area contributed by atoms with Gasteiger partial charge in [-0.1, -0.05) is 22.0 Å². The van der Waals surface area contributed by atoms with Gasteiger partial charge in [0.2, 0.25) is 5.75 Å². The van der Waals surface area contributed by atoms with Gasteiger partial charge < -0.3 is 23.9 Å². The number of carbonyl (C=O) groups is 1. The maximum Gasteiger partial charge on any atom is 0.255 e. The molecule has 0 unspecified atom stereocenters. The van der Waals surface area contributed by atoms with Gasteiger partial charge in [0.1, 0.15) is 16.7 Å². The summed E-state index contributed by atoms with van der Waals surface area (Å²) in [6.07, 6.45) is 0. The minimum atomic E-state index is -0.281. The van der Waals surface area contributed by atoms with Crippen molar-refractivity contribution in [2.75, 3.05) is 26.6 Å². The Kier molecular flexibility index (Phi) is 6.37. The van der Waals surface area contributed by atoms with Gasteiger partial charge >= 0.3 is 0 Å². The molecule has 4 rings (SSSR count). The van der Waals surface area contributed by atoms with Gasteiger partial charge in [0.25, 0.3) is 5.91 Å². The van der Waals surface area contributed by atoms with Crippen LogP contribution < -0.4 is 25.0 Å². The summed E-state index contributed by atoms with van der Waals surface area (Å²) in [5.41, 5.74) is 1.84. The van der Waals surface area contributed by atoms with Crippen LogP contribution in [-0.2, 0) is 0 Å². The summed E-state index contributed by atoms with van der Waals surface area (Å²) in [6, 6.07) is 17.1. The molecule has 1 heterocycles. The van der Waals surface area contributed by atoms with E-state index in [9.17, 15) is 9.59 Å². The van der Waals surface area contributed by atoms with Gasteiger partial charge in [-0.25, -0.2) is 0 Å². The topological polar surface area (TPSA) is 87.0 Å². The van der Waals surface area contributed by atoms with E-state index in [0.29, 0.717) is 39.7 Å². The molecule has 3 aromatic carbocycles. The second-order valence-corrected chi connectivity index (χ2v) is 7.95. The van der Waals surface area contributed by atoms with E-state index in [-0.39, 0.29) is 22.5 Å². The van der Waals surface area contributed by atoms with Gasteiger partial charge in [-0.05, 0) is 42.5 Å². The third-order valence-corrected chi connectivity index (χ3v) is 5.53. The zero-order valence-electron chi connectivity index (χ0n) is 18.1. The predicted octanol–water partition coefficient (Wildman–Crippen LogP) is 5.50. The molecule has 0 spiro atoms. The van der Waals surface area contributed by atoms with Crippen molar-refractivity contribution in [3.63, 3.8) is 0 Å². The number of carbonyl (C=O) groups excluding carboxylic acids is 1. The van der Waals surface area contributed by atoms with Gasteiger partial charge in [-0.2, -0.15) is 0 Å². The molecule has 1 amide bonds. The van der Waals surface area contributed by atoms with E-state index in [4.69, 9.17) is 18.6 Å². The van der Waals surface area contributed by atoms with Crippen LogP contribution in [0.3, 0.4) is 0 Å². The number of nitrogens with one attached hydrogen (secondary N) is 1. The maximum absolute atomic E-state index is 12.9. The normalized spacial score (nSPS) is 10.7. The fourth-order valence-corrected chi connectivity index (χ4v) is 3.88. The zero-order chi connectivity index (χ0) is 23.5. The van der Waals surface area contributed by atoms with Crippen molar-refractivity contribution in [1.29, 1.82) is 0 Å². The Morgan fingerprint density at radius 2 is 1.64 bits per heavy atom. The molecule has 0 saturated heterocycles. The summed E-state index contributed by atoms with van der Waals surface area (Å²) >= 11 is 3.36. The summed E-state index contributed by atoms with van der Waals surface area (Å²) in [7, 11) is 4.41. The third kappa shape index (κ3) is 4.42. The van der Waals surface area contributed by atoms with Crippen LogP contribution >= 0.6 is 15.9 Å². The van der Waals surface area contributed by atoms with Crippen molar-refractivity contribution < 1.29 is 23.4 Å². The van der Waals surface area contributed by atoms with Gasteiger partial charge in [0, 0.05) is 33.4 Å². The summed E-state index contributed by atoms with van der Waals surface area (Å²) < 4.78 is 22.9. The van der Waals surface area contributed by atoms with Crippen LogP contribution in [-0.4, -0.2) is 27.2 Å². The third-order valence-electron chi connectivity index (χ3n) is 5.04. The molecule has 0 aliphatic heterocycles. The molecule has 0 aliphatic carbocycles. The smallest absolute Gasteiger partial charge is 0.255 e. The van der Waals surface area contributed by atoms with Crippen LogP contribution in [0.4, 0.5) is 5.69 Å². The number of hydrogen-bond donors (Lipinski definition) is 1. The Labute approximate surface area is 198 Å². The van der Waals surface area contributed by atoms with Crippen molar-refractivity contribution in [2.45, 2.75) is 0 Å². The number of amides is 1. The molecular weight excluding hydrogens is 490 g/mol.